The maximum absolute atomic E-state index is 2.61. The standard InChI is InChI=1S/C18H27N/c1-16(2,3)18-13-9-8-12-17(18,4)14-10-6-7-11-15(14)19(18)5/h6-7,10-11H,8-9,12-13H2,1-5H3. The van der Waals surface area contributed by atoms with Crippen molar-refractivity contribution in [3.8, 4) is 0 Å². The summed E-state index contributed by atoms with van der Waals surface area (Å²) in [6.07, 6.45) is 5.38. The quantitative estimate of drug-likeness (QED) is 0.648. The molecule has 0 radical (unpaired) electrons. The van der Waals surface area contributed by atoms with Gasteiger partial charge in [0.05, 0.1) is 5.54 Å². The molecular weight excluding hydrogens is 230 g/mol. The van der Waals surface area contributed by atoms with Crippen molar-refractivity contribution >= 4 is 5.69 Å². The van der Waals surface area contributed by atoms with Gasteiger partial charge in [0, 0.05) is 18.2 Å². The highest BCUT2D eigenvalue weighted by Crippen LogP contribution is 2.63. The summed E-state index contributed by atoms with van der Waals surface area (Å²) in [5.41, 5.74) is 3.89. The van der Waals surface area contributed by atoms with E-state index in [2.05, 4.69) is 63.9 Å². The van der Waals surface area contributed by atoms with Crippen LogP contribution in [0.4, 0.5) is 5.69 Å². The van der Waals surface area contributed by atoms with Crippen molar-refractivity contribution in [2.45, 2.75) is 64.3 Å². The van der Waals surface area contributed by atoms with Gasteiger partial charge in [0.15, 0.2) is 0 Å². The van der Waals surface area contributed by atoms with Crippen LogP contribution in [0.5, 0.6) is 0 Å². The Morgan fingerprint density at radius 2 is 1.68 bits per heavy atom. The van der Waals surface area contributed by atoms with E-state index < -0.39 is 0 Å². The Balaban J connectivity index is 2.28. The minimum atomic E-state index is 0.266. The molecule has 1 aromatic rings. The Morgan fingerprint density at radius 3 is 2.37 bits per heavy atom. The number of hydrogen-bond donors (Lipinski definition) is 0. The fourth-order valence-electron chi connectivity index (χ4n) is 5.38. The van der Waals surface area contributed by atoms with Crippen molar-refractivity contribution < 1.29 is 0 Å². The van der Waals surface area contributed by atoms with Gasteiger partial charge in [-0.3, -0.25) is 0 Å². The van der Waals surface area contributed by atoms with Gasteiger partial charge in [-0.05, 0) is 29.9 Å². The number of fused-ring (bicyclic) bond motifs is 3. The van der Waals surface area contributed by atoms with Crippen molar-refractivity contribution in [1.29, 1.82) is 0 Å². The summed E-state index contributed by atoms with van der Waals surface area (Å²) >= 11 is 0. The van der Waals surface area contributed by atoms with Crippen LogP contribution in [0.3, 0.4) is 0 Å². The summed E-state index contributed by atoms with van der Waals surface area (Å²) in [5, 5.41) is 0. The van der Waals surface area contributed by atoms with Crippen LogP contribution in [0, 0.1) is 5.41 Å². The predicted octanol–water partition coefficient (Wildman–Crippen LogP) is 4.75. The molecule has 0 N–H and O–H groups in total. The molecule has 1 fully saturated rings. The Bertz CT molecular complexity index is 499. The van der Waals surface area contributed by atoms with Crippen LogP contribution >= 0.6 is 0 Å². The second-order valence-electron chi connectivity index (χ2n) is 7.73. The van der Waals surface area contributed by atoms with E-state index in [0.29, 0.717) is 5.41 Å². The van der Waals surface area contributed by atoms with Crippen molar-refractivity contribution in [2.24, 2.45) is 5.41 Å². The van der Waals surface area contributed by atoms with E-state index in [4.69, 9.17) is 0 Å². The largest absolute Gasteiger partial charge is 0.367 e. The lowest BCUT2D eigenvalue weighted by molar-refractivity contribution is 0.0564. The van der Waals surface area contributed by atoms with Gasteiger partial charge >= 0.3 is 0 Å². The molecule has 1 aliphatic carbocycles. The second kappa shape index (κ2) is 3.77. The molecule has 1 aliphatic heterocycles. The fraction of sp³-hybridized carbons (Fsp3) is 0.667. The van der Waals surface area contributed by atoms with E-state index in [-0.39, 0.29) is 11.0 Å². The molecule has 1 nitrogen and oxygen atoms in total. The smallest absolute Gasteiger partial charge is 0.0541 e. The highest BCUT2D eigenvalue weighted by atomic mass is 15.2. The van der Waals surface area contributed by atoms with Crippen LogP contribution in [-0.2, 0) is 5.41 Å². The molecule has 0 aromatic heterocycles. The maximum Gasteiger partial charge on any atom is 0.0541 e. The Kier molecular flexibility index (Phi) is 2.59. The number of benzene rings is 1. The molecular formula is C18H27N. The lowest BCUT2D eigenvalue weighted by Crippen LogP contribution is -2.64. The third kappa shape index (κ3) is 1.37. The van der Waals surface area contributed by atoms with Gasteiger partial charge in [0.25, 0.3) is 0 Å². The van der Waals surface area contributed by atoms with E-state index in [1.54, 1.807) is 5.56 Å². The predicted molar refractivity (Wildman–Crippen MR) is 82.9 cm³/mol. The Morgan fingerprint density at radius 1 is 1.05 bits per heavy atom. The summed E-state index contributed by atoms with van der Waals surface area (Å²) in [4.78, 5) is 2.61. The first-order valence-corrected chi connectivity index (χ1v) is 7.68. The third-order valence-electron chi connectivity index (χ3n) is 6.05. The zero-order valence-electron chi connectivity index (χ0n) is 13.1. The average molecular weight is 257 g/mol. The van der Waals surface area contributed by atoms with Crippen LogP contribution in [0.2, 0.25) is 0 Å². The van der Waals surface area contributed by atoms with Gasteiger partial charge in [0.2, 0.25) is 0 Å². The highest BCUT2D eigenvalue weighted by molar-refractivity contribution is 5.67. The molecule has 104 valence electrons. The molecule has 2 atom stereocenters. The number of hydrogen-bond acceptors (Lipinski definition) is 1. The van der Waals surface area contributed by atoms with Crippen molar-refractivity contribution in [3.63, 3.8) is 0 Å². The van der Waals surface area contributed by atoms with Crippen LogP contribution in [0.1, 0.15) is 58.9 Å². The summed E-state index contributed by atoms with van der Waals surface area (Å²) < 4.78 is 0. The number of para-hydroxylation sites is 1. The van der Waals surface area contributed by atoms with Gasteiger partial charge in [-0.1, -0.05) is 58.7 Å². The zero-order valence-corrected chi connectivity index (χ0v) is 13.1. The lowest BCUT2D eigenvalue weighted by atomic mass is 9.52. The van der Waals surface area contributed by atoms with Crippen molar-refractivity contribution in [3.05, 3.63) is 29.8 Å². The summed E-state index contributed by atoms with van der Waals surface area (Å²) in [6, 6.07) is 9.08. The van der Waals surface area contributed by atoms with Crippen molar-refractivity contribution in [2.75, 3.05) is 11.9 Å². The van der Waals surface area contributed by atoms with Gasteiger partial charge in [-0.15, -0.1) is 0 Å². The zero-order chi connectivity index (χ0) is 13.9. The van der Waals surface area contributed by atoms with Crippen LogP contribution in [0.15, 0.2) is 24.3 Å². The monoisotopic (exact) mass is 257 g/mol. The van der Waals surface area contributed by atoms with Crippen molar-refractivity contribution in [1.82, 2.24) is 0 Å². The third-order valence-corrected chi connectivity index (χ3v) is 6.05. The maximum atomic E-state index is 2.61. The molecule has 0 spiro atoms. The fourth-order valence-corrected chi connectivity index (χ4v) is 5.38. The Labute approximate surface area is 118 Å². The molecule has 0 amide bonds. The molecule has 1 heteroatoms. The van der Waals surface area contributed by atoms with E-state index in [1.807, 2.05) is 0 Å². The number of rotatable bonds is 0. The first-order valence-electron chi connectivity index (χ1n) is 7.68. The molecule has 1 saturated carbocycles. The minimum Gasteiger partial charge on any atom is -0.367 e. The summed E-state index contributed by atoms with van der Waals surface area (Å²) in [7, 11) is 2.32. The number of anilines is 1. The first-order chi connectivity index (χ1) is 8.84. The molecule has 2 unspecified atom stereocenters. The van der Waals surface area contributed by atoms with E-state index in [0.717, 1.165) is 0 Å². The summed E-state index contributed by atoms with van der Waals surface area (Å²) in [6.45, 7) is 9.80. The van der Waals surface area contributed by atoms with Crippen LogP contribution in [0.25, 0.3) is 0 Å². The lowest BCUT2D eigenvalue weighted by Gasteiger charge is -2.58. The van der Waals surface area contributed by atoms with Gasteiger partial charge in [-0.2, -0.15) is 0 Å². The first kappa shape index (κ1) is 13.0. The van der Waals surface area contributed by atoms with Crippen LogP contribution < -0.4 is 4.90 Å². The molecule has 2 aliphatic rings. The van der Waals surface area contributed by atoms with E-state index >= 15 is 0 Å². The highest BCUT2D eigenvalue weighted by Gasteiger charge is 2.63. The van der Waals surface area contributed by atoms with E-state index in [1.165, 1.54) is 31.4 Å². The Hall–Kier alpha value is -0.980. The molecule has 1 heterocycles. The SMILES string of the molecule is CN1c2ccccc2C2(C)CCCCC12C(C)(C)C. The normalized spacial score (nSPS) is 34.1. The van der Waals surface area contributed by atoms with E-state index in [9.17, 15) is 0 Å². The summed E-state index contributed by atoms with van der Waals surface area (Å²) in [5.74, 6) is 0. The molecule has 3 rings (SSSR count). The number of likely N-dealkylation sites (N-methyl/N-ethyl adjacent to an activating group) is 1. The van der Waals surface area contributed by atoms with Gasteiger partial charge in [-0.25, -0.2) is 0 Å². The van der Waals surface area contributed by atoms with Gasteiger partial charge in [0.1, 0.15) is 0 Å². The molecule has 0 bridgehead atoms. The van der Waals surface area contributed by atoms with Crippen LogP contribution in [-0.4, -0.2) is 12.6 Å². The average Bonchev–Trinajstić information content (AvgIpc) is 2.57. The second-order valence-corrected chi connectivity index (χ2v) is 7.73. The molecule has 19 heavy (non-hydrogen) atoms. The number of nitrogens with zero attached hydrogens (tertiary/aromatic N) is 1. The van der Waals surface area contributed by atoms with Gasteiger partial charge < -0.3 is 4.90 Å². The minimum absolute atomic E-state index is 0.266. The topological polar surface area (TPSA) is 3.24 Å². The molecule has 1 aromatic carbocycles. The molecule has 0 saturated heterocycles.